The van der Waals surface area contributed by atoms with Gasteiger partial charge in [-0.05, 0) is 61.8 Å². The van der Waals surface area contributed by atoms with Gasteiger partial charge >= 0.3 is 0 Å². The van der Waals surface area contributed by atoms with Gasteiger partial charge < -0.3 is 0 Å². The Morgan fingerprint density at radius 3 is 2.08 bits per heavy atom. The second kappa shape index (κ2) is 5.87. The molecule has 0 amide bonds. The molecule has 24 heavy (non-hydrogen) atoms. The van der Waals surface area contributed by atoms with Crippen LogP contribution in [0.5, 0.6) is 0 Å². The lowest BCUT2D eigenvalue weighted by Crippen LogP contribution is -2.13. The molecule has 0 N–H and O–H groups in total. The fraction of sp³-hybridized carbons (Fsp3) is 0.182. The first-order valence-corrected chi connectivity index (χ1v) is 9.95. The third-order valence-corrected chi connectivity index (χ3v) is 6.18. The highest BCUT2D eigenvalue weighted by Crippen LogP contribution is 2.41. The predicted molar refractivity (Wildman–Crippen MR) is 109 cm³/mol. The van der Waals surface area contributed by atoms with Crippen LogP contribution in [-0.4, -0.2) is 0 Å². The molecule has 0 bridgehead atoms. The van der Waals surface area contributed by atoms with Gasteiger partial charge in [-0.15, -0.1) is 22.7 Å². The molecule has 0 nitrogen and oxygen atoms in total. The molecule has 0 spiro atoms. The van der Waals surface area contributed by atoms with Crippen molar-refractivity contribution in [2.75, 3.05) is 0 Å². The molecule has 0 aliphatic rings. The minimum Gasteiger partial charge on any atom is -0.144 e. The van der Waals surface area contributed by atoms with Crippen LogP contribution in [0.3, 0.4) is 0 Å². The Bertz CT molecular complexity index is 969. The van der Waals surface area contributed by atoms with Gasteiger partial charge in [0.25, 0.3) is 0 Å². The number of hydrogen-bond acceptors (Lipinski definition) is 2. The molecule has 2 heteroatoms. The monoisotopic (exact) mass is 348 g/mol. The predicted octanol–water partition coefficient (Wildman–Crippen LogP) is 7.59. The van der Waals surface area contributed by atoms with Gasteiger partial charge in [0.1, 0.15) is 0 Å². The third-order valence-electron chi connectivity index (χ3n) is 4.36. The van der Waals surface area contributed by atoms with Crippen LogP contribution in [0.4, 0.5) is 0 Å². The summed E-state index contributed by atoms with van der Waals surface area (Å²) in [5.74, 6) is 0. The van der Waals surface area contributed by atoms with Crippen LogP contribution in [0.25, 0.3) is 31.7 Å². The summed E-state index contributed by atoms with van der Waals surface area (Å²) in [6.07, 6.45) is 0. The Morgan fingerprint density at radius 2 is 1.46 bits per heavy atom. The summed E-state index contributed by atoms with van der Waals surface area (Å²) in [4.78, 5) is 2.68. The number of benzene rings is 2. The average molecular weight is 349 g/mol. The Kier molecular flexibility index (Phi) is 3.82. The van der Waals surface area contributed by atoms with Crippen molar-refractivity contribution in [1.82, 2.24) is 0 Å². The van der Waals surface area contributed by atoms with Gasteiger partial charge in [0.2, 0.25) is 0 Å². The maximum absolute atomic E-state index is 2.33. The Hall–Kier alpha value is -1.90. The van der Waals surface area contributed by atoms with Gasteiger partial charge in [-0.1, -0.05) is 57.2 Å². The van der Waals surface area contributed by atoms with E-state index >= 15 is 0 Å². The lowest BCUT2D eigenvalue weighted by Gasteiger charge is -2.25. The minimum absolute atomic E-state index is 0.100. The minimum atomic E-state index is 0.100. The van der Waals surface area contributed by atoms with Gasteiger partial charge in [-0.25, -0.2) is 0 Å². The summed E-state index contributed by atoms with van der Waals surface area (Å²) in [5, 5.41) is 6.99. The quantitative estimate of drug-likeness (QED) is 0.350. The lowest BCUT2D eigenvalue weighted by molar-refractivity contribution is 0.598. The van der Waals surface area contributed by atoms with Crippen molar-refractivity contribution < 1.29 is 0 Å². The SMILES string of the molecule is CC(C)(C)c1c(-c2cccs2)ccc2cc(-c3cccs3)ccc12. The normalized spacial score (nSPS) is 12.0. The molecule has 120 valence electrons. The lowest BCUT2D eigenvalue weighted by atomic mass is 9.80. The summed E-state index contributed by atoms with van der Waals surface area (Å²) in [6, 6.07) is 20.1. The summed E-state index contributed by atoms with van der Waals surface area (Å²) in [6.45, 7) is 6.93. The maximum Gasteiger partial charge on any atom is 0.0345 e. The standard InChI is InChI=1S/C22H20S2/c1-22(2,3)21-17-10-9-16(19-6-4-12-23-19)14-15(17)8-11-18(21)20-7-5-13-24-20/h4-14H,1-3H3. The van der Waals surface area contributed by atoms with E-state index in [4.69, 9.17) is 0 Å². The van der Waals surface area contributed by atoms with Crippen LogP contribution in [-0.2, 0) is 5.41 Å². The molecule has 2 aromatic carbocycles. The smallest absolute Gasteiger partial charge is 0.0345 e. The van der Waals surface area contributed by atoms with Crippen molar-refractivity contribution >= 4 is 33.4 Å². The fourth-order valence-electron chi connectivity index (χ4n) is 3.37. The molecule has 0 saturated heterocycles. The van der Waals surface area contributed by atoms with Crippen LogP contribution in [0.2, 0.25) is 0 Å². The number of rotatable bonds is 2. The van der Waals surface area contributed by atoms with Gasteiger partial charge in [-0.2, -0.15) is 0 Å². The van der Waals surface area contributed by atoms with E-state index in [9.17, 15) is 0 Å². The molecule has 0 aliphatic heterocycles. The summed E-state index contributed by atoms with van der Waals surface area (Å²) < 4.78 is 0. The molecule has 2 heterocycles. The van der Waals surface area contributed by atoms with E-state index in [1.54, 1.807) is 11.3 Å². The highest BCUT2D eigenvalue weighted by molar-refractivity contribution is 7.13. The zero-order valence-electron chi connectivity index (χ0n) is 14.2. The molecule has 0 aliphatic carbocycles. The van der Waals surface area contributed by atoms with Crippen LogP contribution < -0.4 is 0 Å². The van der Waals surface area contributed by atoms with Crippen molar-refractivity contribution in [3.05, 3.63) is 70.9 Å². The van der Waals surface area contributed by atoms with Crippen molar-refractivity contribution in [2.45, 2.75) is 26.2 Å². The molecule has 0 atom stereocenters. The van der Waals surface area contributed by atoms with E-state index < -0.39 is 0 Å². The number of hydrogen-bond donors (Lipinski definition) is 0. The fourth-order valence-corrected chi connectivity index (χ4v) is 4.85. The van der Waals surface area contributed by atoms with Crippen LogP contribution in [0, 0.1) is 0 Å². The second-order valence-electron chi connectivity index (χ2n) is 7.13. The van der Waals surface area contributed by atoms with Crippen LogP contribution >= 0.6 is 22.7 Å². The molecular formula is C22H20S2. The van der Waals surface area contributed by atoms with Gasteiger partial charge in [0.15, 0.2) is 0 Å². The first-order chi connectivity index (χ1) is 11.5. The molecule has 0 fully saturated rings. The van der Waals surface area contributed by atoms with Crippen LogP contribution in [0.15, 0.2) is 65.4 Å². The van der Waals surface area contributed by atoms with Crippen molar-refractivity contribution in [3.63, 3.8) is 0 Å². The summed E-state index contributed by atoms with van der Waals surface area (Å²) in [5.41, 5.74) is 4.22. The second-order valence-corrected chi connectivity index (χ2v) is 9.02. The zero-order chi connectivity index (χ0) is 16.7. The molecule has 0 radical (unpaired) electrons. The van der Waals surface area contributed by atoms with E-state index in [0.29, 0.717) is 0 Å². The van der Waals surface area contributed by atoms with E-state index in [2.05, 4.69) is 86.1 Å². The molecule has 2 aromatic heterocycles. The highest BCUT2D eigenvalue weighted by Gasteiger charge is 2.22. The molecule has 4 rings (SSSR count). The number of thiophene rings is 2. The summed E-state index contributed by atoms with van der Waals surface area (Å²) >= 11 is 3.61. The molecule has 0 unspecified atom stereocenters. The van der Waals surface area contributed by atoms with Gasteiger partial charge in [0.05, 0.1) is 0 Å². The first-order valence-electron chi connectivity index (χ1n) is 8.19. The van der Waals surface area contributed by atoms with E-state index in [1.165, 1.54) is 37.2 Å². The maximum atomic E-state index is 2.33. The van der Waals surface area contributed by atoms with E-state index in [0.717, 1.165) is 0 Å². The molecule has 4 aromatic rings. The highest BCUT2D eigenvalue weighted by atomic mass is 32.1. The Balaban J connectivity index is 1.99. The Labute approximate surface area is 151 Å². The van der Waals surface area contributed by atoms with Crippen LogP contribution in [0.1, 0.15) is 26.3 Å². The third kappa shape index (κ3) is 2.70. The van der Waals surface area contributed by atoms with Gasteiger partial charge in [0, 0.05) is 9.75 Å². The van der Waals surface area contributed by atoms with Crippen molar-refractivity contribution in [3.8, 4) is 20.9 Å². The molecule has 0 saturated carbocycles. The zero-order valence-corrected chi connectivity index (χ0v) is 15.8. The first kappa shape index (κ1) is 15.6. The van der Waals surface area contributed by atoms with E-state index in [-0.39, 0.29) is 5.41 Å². The number of fused-ring (bicyclic) bond motifs is 1. The topological polar surface area (TPSA) is 0 Å². The van der Waals surface area contributed by atoms with Gasteiger partial charge in [-0.3, -0.25) is 0 Å². The van der Waals surface area contributed by atoms with Crippen molar-refractivity contribution in [1.29, 1.82) is 0 Å². The average Bonchev–Trinajstić information content (AvgIpc) is 3.25. The Morgan fingerprint density at radius 1 is 0.750 bits per heavy atom. The summed E-state index contributed by atoms with van der Waals surface area (Å²) in [7, 11) is 0. The largest absolute Gasteiger partial charge is 0.144 e. The van der Waals surface area contributed by atoms with E-state index in [1.807, 2.05) is 11.3 Å². The molecular weight excluding hydrogens is 328 g/mol. The van der Waals surface area contributed by atoms with Crippen molar-refractivity contribution in [2.24, 2.45) is 0 Å².